The molecule has 0 aliphatic carbocycles. The predicted molar refractivity (Wildman–Crippen MR) is 95.4 cm³/mol. The number of fused-ring (bicyclic) bond motifs is 1. The number of para-hydroxylation sites is 1. The number of ether oxygens (including phenoxy) is 3. The van der Waals surface area contributed by atoms with Crippen LogP contribution in [0.15, 0.2) is 18.2 Å². The third-order valence-electron chi connectivity index (χ3n) is 4.02. The zero-order valence-electron chi connectivity index (χ0n) is 15.6. The largest absolute Gasteiger partial charge is 0.535 e. The number of benzene rings is 1. The van der Waals surface area contributed by atoms with Crippen LogP contribution in [0.1, 0.15) is 49.5 Å². The standard InChI is InChI=1S/C18H23BO8/c1-4-14(20)9-13-8-12-6-5-7-15(16(12)27-19(13)23)17(21)24-10-25-18(22)26-11(2)3/h5-7,11,13,23H,4,8-10H2,1-3H3/t13-/m1/s1. The summed E-state index contributed by atoms with van der Waals surface area (Å²) >= 11 is 0. The van der Waals surface area contributed by atoms with Crippen LogP contribution in [0.5, 0.6) is 5.75 Å². The smallest absolute Gasteiger partial charge is 0.526 e. The molecule has 1 N–H and O–H groups in total. The molecule has 0 saturated heterocycles. The van der Waals surface area contributed by atoms with Crippen molar-refractivity contribution in [3.05, 3.63) is 29.3 Å². The molecule has 0 saturated carbocycles. The molecular weight excluding hydrogens is 355 g/mol. The summed E-state index contributed by atoms with van der Waals surface area (Å²) in [4.78, 5) is 35.2. The molecule has 0 bridgehead atoms. The van der Waals surface area contributed by atoms with Gasteiger partial charge in [-0.05, 0) is 31.9 Å². The first-order valence-electron chi connectivity index (χ1n) is 8.80. The number of esters is 1. The lowest BCUT2D eigenvalue weighted by Crippen LogP contribution is -2.35. The summed E-state index contributed by atoms with van der Waals surface area (Å²) in [5, 5.41) is 10.2. The fourth-order valence-electron chi connectivity index (χ4n) is 2.69. The molecular formula is C18H23BO8. The van der Waals surface area contributed by atoms with Gasteiger partial charge in [0, 0.05) is 18.7 Å². The Bertz CT molecular complexity index is 703. The second-order valence-electron chi connectivity index (χ2n) is 6.47. The molecule has 9 heteroatoms. The Labute approximate surface area is 157 Å². The molecule has 1 aliphatic heterocycles. The van der Waals surface area contributed by atoms with Gasteiger partial charge in [0.25, 0.3) is 0 Å². The summed E-state index contributed by atoms with van der Waals surface area (Å²) < 4.78 is 19.8. The van der Waals surface area contributed by atoms with Crippen LogP contribution >= 0.6 is 0 Å². The Morgan fingerprint density at radius 2 is 2.04 bits per heavy atom. The summed E-state index contributed by atoms with van der Waals surface area (Å²) in [6.45, 7) is 4.48. The highest BCUT2D eigenvalue weighted by Crippen LogP contribution is 2.36. The van der Waals surface area contributed by atoms with Gasteiger partial charge in [0.05, 0.1) is 6.10 Å². The van der Waals surface area contributed by atoms with Crippen LogP contribution in [-0.4, -0.2) is 42.9 Å². The summed E-state index contributed by atoms with van der Waals surface area (Å²) in [6, 6.07) is 4.90. The van der Waals surface area contributed by atoms with E-state index in [1.54, 1.807) is 32.9 Å². The molecule has 1 aliphatic rings. The van der Waals surface area contributed by atoms with Crippen molar-refractivity contribution in [3.63, 3.8) is 0 Å². The predicted octanol–water partition coefficient (Wildman–Crippen LogP) is 2.52. The molecule has 0 radical (unpaired) electrons. The van der Waals surface area contributed by atoms with Gasteiger partial charge in [-0.25, -0.2) is 9.59 Å². The third-order valence-corrected chi connectivity index (χ3v) is 4.02. The topological polar surface area (TPSA) is 108 Å². The van der Waals surface area contributed by atoms with Crippen LogP contribution < -0.4 is 4.65 Å². The molecule has 1 heterocycles. The zero-order chi connectivity index (χ0) is 20.0. The monoisotopic (exact) mass is 378 g/mol. The van der Waals surface area contributed by atoms with Crippen molar-refractivity contribution in [2.45, 2.75) is 52.0 Å². The molecule has 0 spiro atoms. The van der Waals surface area contributed by atoms with Crippen molar-refractivity contribution in [1.29, 1.82) is 0 Å². The fraction of sp³-hybridized carbons (Fsp3) is 0.500. The lowest BCUT2D eigenvalue weighted by molar-refractivity contribution is -0.119. The summed E-state index contributed by atoms with van der Waals surface area (Å²) in [6.07, 6.45) is -0.292. The van der Waals surface area contributed by atoms with Crippen LogP contribution in [0, 0.1) is 0 Å². The molecule has 0 unspecified atom stereocenters. The Hall–Kier alpha value is -2.55. The van der Waals surface area contributed by atoms with E-state index in [1.807, 2.05) is 0 Å². The summed E-state index contributed by atoms with van der Waals surface area (Å²) in [5.41, 5.74) is 0.802. The van der Waals surface area contributed by atoms with E-state index in [-0.39, 0.29) is 35.4 Å². The highest BCUT2D eigenvalue weighted by Gasteiger charge is 2.37. The lowest BCUT2D eigenvalue weighted by Gasteiger charge is -2.28. The number of Topliss-reactive ketones (excluding diaryl/α,β-unsaturated/α-hetero) is 1. The maximum atomic E-state index is 12.3. The minimum atomic E-state index is -1.20. The van der Waals surface area contributed by atoms with Crippen molar-refractivity contribution in [3.8, 4) is 5.75 Å². The molecule has 1 atom stereocenters. The summed E-state index contributed by atoms with van der Waals surface area (Å²) in [5.74, 6) is -0.892. The van der Waals surface area contributed by atoms with E-state index in [0.29, 0.717) is 18.4 Å². The quantitative estimate of drug-likeness (QED) is 0.438. The highest BCUT2D eigenvalue weighted by atomic mass is 16.8. The van der Waals surface area contributed by atoms with Crippen LogP contribution in [0.3, 0.4) is 0 Å². The maximum absolute atomic E-state index is 12.3. The van der Waals surface area contributed by atoms with Crippen molar-refractivity contribution < 1.29 is 38.3 Å². The van der Waals surface area contributed by atoms with Gasteiger partial charge in [-0.2, -0.15) is 0 Å². The van der Waals surface area contributed by atoms with E-state index in [9.17, 15) is 19.4 Å². The van der Waals surface area contributed by atoms with Crippen molar-refractivity contribution in [2.75, 3.05) is 6.79 Å². The van der Waals surface area contributed by atoms with E-state index < -0.39 is 26.0 Å². The molecule has 8 nitrogen and oxygen atoms in total. The molecule has 146 valence electrons. The maximum Gasteiger partial charge on any atom is 0.526 e. The average Bonchev–Trinajstić information content (AvgIpc) is 2.61. The van der Waals surface area contributed by atoms with Gasteiger partial charge in [-0.3, -0.25) is 4.79 Å². The molecule has 1 aromatic carbocycles. The van der Waals surface area contributed by atoms with Gasteiger partial charge in [-0.15, -0.1) is 0 Å². The Balaban J connectivity index is 2.02. The van der Waals surface area contributed by atoms with Gasteiger partial charge in [0.1, 0.15) is 17.1 Å². The lowest BCUT2D eigenvalue weighted by atomic mass is 9.64. The molecule has 0 amide bonds. The number of hydrogen-bond acceptors (Lipinski definition) is 8. The molecule has 2 rings (SSSR count). The first-order chi connectivity index (χ1) is 12.8. The SMILES string of the molecule is CCC(=O)C[C@H]1Cc2cccc(C(=O)OCOC(=O)OC(C)C)c2OB1O. The van der Waals surface area contributed by atoms with Gasteiger partial charge >= 0.3 is 19.2 Å². The van der Waals surface area contributed by atoms with E-state index in [4.69, 9.17) is 14.1 Å². The average molecular weight is 378 g/mol. The fourth-order valence-corrected chi connectivity index (χ4v) is 2.69. The second kappa shape index (κ2) is 9.41. The van der Waals surface area contributed by atoms with E-state index >= 15 is 0 Å². The van der Waals surface area contributed by atoms with E-state index in [0.717, 1.165) is 0 Å². The first-order valence-corrected chi connectivity index (χ1v) is 8.80. The minimum absolute atomic E-state index is 0.0343. The third kappa shape index (κ3) is 5.72. The van der Waals surface area contributed by atoms with Gasteiger partial charge < -0.3 is 23.9 Å². The number of hydrogen-bond donors (Lipinski definition) is 1. The van der Waals surface area contributed by atoms with Crippen LogP contribution in [0.4, 0.5) is 4.79 Å². The van der Waals surface area contributed by atoms with Crippen molar-refractivity contribution >= 4 is 25.0 Å². The van der Waals surface area contributed by atoms with E-state index in [2.05, 4.69) is 4.74 Å². The second-order valence-corrected chi connectivity index (χ2v) is 6.47. The number of ketones is 1. The van der Waals surface area contributed by atoms with Gasteiger partial charge in [0.2, 0.25) is 6.79 Å². The number of carbonyl (C=O) groups is 3. The van der Waals surface area contributed by atoms with E-state index in [1.165, 1.54) is 6.07 Å². The molecule has 27 heavy (non-hydrogen) atoms. The zero-order valence-corrected chi connectivity index (χ0v) is 15.6. The van der Waals surface area contributed by atoms with Crippen LogP contribution in [0.25, 0.3) is 0 Å². The number of carbonyl (C=O) groups excluding carboxylic acids is 3. The van der Waals surface area contributed by atoms with Crippen molar-refractivity contribution in [1.82, 2.24) is 0 Å². The number of rotatable bonds is 7. The van der Waals surface area contributed by atoms with Crippen LogP contribution in [0.2, 0.25) is 5.82 Å². The molecule has 0 fully saturated rings. The Kier molecular flexibility index (Phi) is 7.23. The molecule has 1 aromatic rings. The van der Waals surface area contributed by atoms with Crippen LogP contribution in [-0.2, 0) is 25.4 Å². The molecule has 0 aromatic heterocycles. The highest BCUT2D eigenvalue weighted by molar-refractivity contribution is 6.47. The summed E-state index contributed by atoms with van der Waals surface area (Å²) in [7, 11) is -1.20. The Morgan fingerprint density at radius 1 is 1.30 bits per heavy atom. The normalized spacial score (nSPS) is 15.6. The van der Waals surface area contributed by atoms with Gasteiger partial charge in [0.15, 0.2) is 0 Å². The van der Waals surface area contributed by atoms with Gasteiger partial charge in [-0.1, -0.05) is 19.1 Å². The minimum Gasteiger partial charge on any atom is -0.535 e. The first kappa shape index (κ1) is 20.8. The Morgan fingerprint density at radius 3 is 2.70 bits per heavy atom. The van der Waals surface area contributed by atoms with Crippen molar-refractivity contribution in [2.24, 2.45) is 0 Å².